The SMILES string of the molecule is C=C(C)C1(OC(=O)N2CCCCC2)CC2CCC1C2. The number of fused-ring (bicyclic) bond motifs is 2. The molecule has 2 aliphatic carbocycles. The van der Waals surface area contributed by atoms with Crippen LogP contribution in [0.25, 0.3) is 0 Å². The fourth-order valence-corrected chi connectivity index (χ4v) is 4.31. The summed E-state index contributed by atoms with van der Waals surface area (Å²) >= 11 is 0. The highest BCUT2D eigenvalue weighted by atomic mass is 16.6. The van der Waals surface area contributed by atoms with Crippen LogP contribution >= 0.6 is 0 Å². The molecule has 19 heavy (non-hydrogen) atoms. The molecule has 0 radical (unpaired) electrons. The van der Waals surface area contributed by atoms with E-state index < -0.39 is 0 Å². The molecule has 0 aromatic carbocycles. The zero-order chi connectivity index (χ0) is 13.5. The Morgan fingerprint density at radius 1 is 1.26 bits per heavy atom. The summed E-state index contributed by atoms with van der Waals surface area (Å²) in [4.78, 5) is 14.3. The lowest BCUT2D eigenvalue weighted by atomic mass is 9.79. The van der Waals surface area contributed by atoms with E-state index in [1.807, 2.05) is 11.8 Å². The van der Waals surface area contributed by atoms with E-state index >= 15 is 0 Å². The minimum atomic E-state index is -0.350. The molecule has 3 aliphatic rings. The number of rotatable bonds is 2. The van der Waals surface area contributed by atoms with Crippen LogP contribution in [0.5, 0.6) is 0 Å². The largest absolute Gasteiger partial charge is 0.438 e. The molecule has 106 valence electrons. The summed E-state index contributed by atoms with van der Waals surface area (Å²) < 4.78 is 6.02. The van der Waals surface area contributed by atoms with Gasteiger partial charge in [0.05, 0.1) is 0 Å². The number of piperidine rings is 1. The van der Waals surface area contributed by atoms with Crippen LogP contribution in [0.15, 0.2) is 12.2 Å². The molecular weight excluding hydrogens is 238 g/mol. The molecule has 1 saturated heterocycles. The molecule has 2 saturated carbocycles. The number of carbonyl (C=O) groups is 1. The van der Waals surface area contributed by atoms with Crippen molar-refractivity contribution in [2.24, 2.45) is 11.8 Å². The molecule has 0 N–H and O–H groups in total. The van der Waals surface area contributed by atoms with Crippen molar-refractivity contribution < 1.29 is 9.53 Å². The maximum atomic E-state index is 12.4. The number of hydrogen-bond donors (Lipinski definition) is 0. The fraction of sp³-hybridized carbons (Fsp3) is 0.812. The highest BCUT2D eigenvalue weighted by Gasteiger charge is 2.54. The molecule has 3 rings (SSSR count). The molecule has 1 amide bonds. The Bertz CT molecular complexity index is 386. The Balaban J connectivity index is 1.72. The van der Waals surface area contributed by atoms with Gasteiger partial charge in [0.15, 0.2) is 0 Å². The van der Waals surface area contributed by atoms with E-state index in [1.165, 1.54) is 25.7 Å². The second-order valence-corrected chi connectivity index (χ2v) is 6.67. The number of hydrogen-bond acceptors (Lipinski definition) is 2. The summed E-state index contributed by atoms with van der Waals surface area (Å²) in [5.74, 6) is 1.26. The number of ether oxygens (including phenoxy) is 1. The Labute approximate surface area is 116 Å². The normalized spacial score (nSPS) is 37.4. The van der Waals surface area contributed by atoms with Crippen LogP contribution in [0, 0.1) is 11.8 Å². The lowest BCUT2D eigenvalue weighted by molar-refractivity contribution is -0.0222. The smallest absolute Gasteiger partial charge is 0.410 e. The van der Waals surface area contributed by atoms with Crippen LogP contribution in [0.1, 0.15) is 51.9 Å². The summed E-state index contributed by atoms with van der Waals surface area (Å²) in [7, 11) is 0. The summed E-state index contributed by atoms with van der Waals surface area (Å²) in [6, 6.07) is 0. The molecular formula is C16H25NO2. The second-order valence-electron chi connectivity index (χ2n) is 6.67. The van der Waals surface area contributed by atoms with Gasteiger partial charge in [-0.25, -0.2) is 4.79 Å². The van der Waals surface area contributed by atoms with E-state index in [-0.39, 0.29) is 11.7 Å². The lowest BCUT2D eigenvalue weighted by Crippen LogP contribution is -2.46. The number of nitrogens with zero attached hydrogens (tertiary/aromatic N) is 1. The fourth-order valence-electron chi connectivity index (χ4n) is 4.31. The van der Waals surface area contributed by atoms with Crippen LogP contribution in [-0.4, -0.2) is 29.7 Å². The van der Waals surface area contributed by atoms with Crippen molar-refractivity contribution in [1.29, 1.82) is 0 Å². The van der Waals surface area contributed by atoms with Crippen molar-refractivity contribution in [2.45, 2.75) is 57.5 Å². The number of amides is 1. The summed E-state index contributed by atoms with van der Waals surface area (Å²) in [6.07, 6.45) is 8.09. The zero-order valence-electron chi connectivity index (χ0n) is 12.0. The Kier molecular flexibility index (Phi) is 3.32. The van der Waals surface area contributed by atoms with Crippen LogP contribution < -0.4 is 0 Å². The summed E-state index contributed by atoms with van der Waals surface area (Å²) in [6.45, 7) is 7.88. The van der Waals surface area contributed by atoms with Gasteiger partial charge >= 0.3 is 6.09 Å². The first kappa shape index (κ1) is 13.0. The average molecular weight is 263 g/mol. The number of likely N-dealkylation sites (tertiary alicyclic amines) is 1. The molecule has 2 bridgehead atoms. The van der Waals surface area contributed by atoms with Crippen molar-refractivity contribution in [3.63, 3.8) is 0 Å². The van der Waals surface area contributed by atoms with Gasteiger partial charge in [-0.15, -0.1) is 0 Å². The molecule has 1 aliphatic heterocycles. The highest BCUT2D eigenvalue weighted by molar-refractivity contribution is 5.69. The minimum absolute atomic E-state index is 0.102. The van der Waals surface area contributed by atoms with E-state index in [0.717, 1.165) is 43.8 Å². The van der Waals surface area contributed by atoms with E-state index in [2.05, 4.69) is 6.58 Å². The van der Waals surface area contributed by atoms with Gasteiger partial charge in [0, 0.05) is 19.0 Å². The highest BCUT2D eigenvalue weighted by Crippen LogP contribution is 2.55. The molecule has 1 heterocycles. The first-order chi connectivity index (χ1) is 9.12. The standard InChI is InChI=1S/C16H25NO2/c1-12(2)16(11-13-6-7-14(16)10-13)19-15(18)17-8-4-3-5-9-17/h13-14H,1,3-11H2,2H3. The monoisotopic (exact) mass is 263 g/mol. The Hall–Kier alpha value is -0.990. The zero-order valence-corrected chi connectivity index (χ0v) is 12.0. The lowest BCUT2D eigenvalue weighted by Gasteiger charge is -2.40. The molecule has 3 unspecified atom stereocenters. The van der Waals surface area contributed by atoms with Crippen LogP contribution in [-0.2, 0) is 4.74 Å². The minimum Gasteiger partial charge on any atom is -0.438 e. The topological polar surface area (TPSA) is 29.5 Å². The number of carbonyl (C=O) groups excluding carboxylic acids is 1. The van der Waals surface area contributed by atoms with Gasteiger partial charge in [-0.2, -0.15) is 0 Å². The predicted molar refractivity (Wildman–Crippen MR) is 74.9 cm³/mol. The van der Waals surface area contributed by atoms with E-state index in [1.54, 1.807) is 0 Å². The molecule has 0 aromatic rings. The molecule has 0 spiro atoms. The van der Waals surface area contributed by atoms with E-state index in [9.17, 15) is 4.79 Å². The van der Waals surface area contributed by atoms with Gasteiger partial charge in [-0.05, 0) is 63.4 Å². The quantitative estimate of drug-likeness (QED) is 0.710. The second kappa shape index (κ2) is 4.84. The third-order valence-electron chi connectivity index (χ3n) is 5.40. The Morgan fingerprint density at radius 2 is 2.00 bits per heavy atom. The third kappa shape index (κ3) is 2.17. The molecule has 0 aromatic heterocycles. The van der Waals surface area contributed by atoms with Crippen molar-refractivity contribution in [3.05, 3.63) is 12.2 Å². The first-order valence-corrected chi connectivity index (χ1v) is 7.76. The third-order valence-corrected chi connectivity index (χ3v) is 5.40. The van der Waals surface area contributed by atoms with Crippen LogP contribution in [0.4, 0.5) is 4.79 Å². The van der Waals surface area contributed by atoms with Crippen molar-refractivity contribution >= 4 is 6.09 Å². The Morgan fingerprint density at radius 3 is 2.53 bits per heavy atom. The van der Waals surface area contributed by atoms with Gasteiger partial charge in [0.1, 0.15) is 5.60 Å². The predicted octanol–water partition coefficient (Wildman–Crippen LogP) is 3.74. The van der Waals surface area contributed by atoms with Crippen LogP contribution in [0.2, 0.25) is 0 Å². The van der Waals surface area contributed by atoms with Gasteiger partial charge < -0.3 is 9.64 Å². The van der Waals surface area contributed by atoms with Crippen LogP contribution in [0.3, 0.4) is 0 Å². The van der Waals surface area contributed by atoms with E-state index in [0.29, 0.717) is 5.92 Å². The van der Waals surface area contributed by atoms with Crippen molar-refractivity contribution in [2.75, 3.05) is 13.1 Å². The van der Waals surface area contributed by atoms with Gasteiger partial charge in [-0.3, -0.25) is 0 Å². The molecule has 3 heteroatoms. The molecule has 3 atom stereocenters. The van der Waals surface area contributed by atoms with Gasteiger partial charge in [0.25, 0.3) is 0 Å². The first-order valence-electron chi connectivity index (χ1n) is 7.76. The average Bonchev–Trinajstić information content (AvgIpc) is 3.00. The van der Waals surface area contributed by atoms with Gasteiger partial charge in [0.2, 0.25) is 0 Å². The maximum absolute atomic E-state index is 12.4. The molecule has 3 nitrogen and oxygen atoms in total. The van der Waals surface area contributed by atoms with Crippen molar-refractivity contribution in [1.82, 2.24) is 4.90 Å². The molecule has 3 fully saturated rings. The maximum Gasteiger partial charge on any atom is 0.410 e. The summed E-state index contributed by atoms with van der Waals surface area (Å²) in [5, 5.41) is 0. The summed E-state index contributed by atoms with van der Waals surface area (Å²) in [5.41, 5.74) is 0.697. The van der Waals surface area contributed by atoms with Crippen molar-refractivity contribution in [3.8, 4) is 0 Å². The van der Waals surface area contributed by atoms with Gasteiger partial charge in [-0.1, -0.05) is 6.58 Å². The van der Waals surface area contributed by atoms with E-state index in [4.69, 9.17) is 4.74 Å².